The number of nitrogens with zero attached hydrogens (tertiary/aromatic N) is 4. The van der Waals surface area contributed by atoms with E-state index >= 15 is 0 Å². The summed E-state index contributed by atoms with van der Waals surface area (Å²) in [5.41, 5.74) is 0.194. The molecule has 0 saturated carbocycles. The molecule has 0 aliphatic heterocycles. The van der Waals surface area contributed by atoms with Crippen molar-refractivity contribution in [2.75, 3.05) is 6.54 Å². The van der Waals surface area contributed by atoms with Gasteiger partial charge in [-0.2, -0.15) is 0 Å². The molecule has 0 aliphatic carbocycles. The van der Waals surface area contributed by atoms with Crippen molar-refractivity contribution in [3.63, 3.8) is 0 Å². The minimum atomic E-state index is -1.55. The number of amides is 1. The molecule has 0 saturated heterocycles. The van der Waals surface area contributed by atoms with Crippen LogP contribution in [0.2, 0.25) is 0 Å². The van der Waals surface area contributed by atoms with Crippen LogP contribution in [0, 0.1) is 0 Å². The first-order chi connectivity index (χ1) is 13.5. The topological polar surface area (TPSA) is 60.2 Å². The van der Waals surface area contributed by atoms with Crippen molar-refractivity contribution in [2.45, 2.75) is 91.6 Å². The Hall–Kier alpha value is -1.70. The number of aromatic nitrogens is 3. The van der Waals surface area contributed by atoms with E-state index in [0.717, 1.165) is 21.1 Å². The Kier molecular flexibility index (Phi) is 6.91. The number of fused-ring (bicyclic) bond motifs is 1. The molecule has 168 valence electrons. The summed E-state index contributed by atoms with van der Waals surface area (Å²) in [6, 6.07) is 3.64. The third kappa shape index (κ3) is 6.15. The van der Waals surface area contributed by atoms with Gasteiger partial charge in [0.05, 0.1) is 17.6 Å². The first-order valence-electron chi connectivity index (χ1n) is 10.2. The van der Waals surface area contributed by atoms with Gasteiger partial charge in [-0.05, 0) is 86.4 Å². The average Bonchev–Trinajstić information content (AvgIpc) is 2.97. The summed E-state index contributed by atoms with van der Waals surface area (Å²) in [4.78, 5) is 14.3. The molecule has 0 spiro atoms. The highest BCUT2D eigenvalue weighted by Crippen LogP contribution is 2.30. The number of hydrogen-bond acceptors (Lipinski definition) is 4. The predicted molar refractivity (Wildman–Crippen MR) is 122 cm³/mol. The number of alkyl halides is 1. The van der Waals surface area contributed by atoms with Crippen LogP contribution >= 0.6 is 15.9 Å². The van der Waals surface area contributed by atoms with Crippen LogP contribution < -0.4 is 0 Å². The van der Waals surface area contributed by atoms with Crippen LogP contribution in [0.25, 0.3) is 11.0 Å². The molecule has 2 rings (SSSR count). The van der Waals surface area contributed by atoms with Gasteiger partial charge in [0.2, 0.25) is 0 Å². The molecule has 1 aromatic carbocycles. The normalized spacial score (nSPS) is 14.1. The second kappa shape index (κ2) is 8.44. The summed E-state index contributed by atoms with van der Waals surface area (Å²) in [7, 11) is 0. The largest absolute Gasteiger partial charge is 0.444 e. The Balaban J connectivity index is 2.42. The van der Waals surface area contributed by atoms with E-state index in [1.165, 1.54) is 18.7 Å². The number of rotatable bonds is 5. The monoisotopic (exact) mass is 484 g/mol. The first-order valence-corrected chi connectivity index (χ1v) is 11.0. The first kappa shape index (κ1) is 24.6. The Bertz CT molecular complexity index is 907. The van der Waals surface area contributed by atoms with Crippen LogP contribution in [0.3, 0.4) is 0 Å². The molecule has 6 nitrogen and oxygen atoms in total. The van der Waals surface area contributed by atoms with Gasteiger partial charge >= 0.3 is 6.09 Å². The van der Waals surface area contributed by atoms with Gasteiger partial charge in [-0.3, -0.25) is 0 Å². The van der Waals surface area contributed by atoms with E-state index in [9.17, 15) is 9.18 Å². The Morgan fingerprint density at radius 1 is 1.20 bits per heavy atom. The van der Waals surface area contributed by atoms with E-state index in [2.05, 4.69) is 47.0 Å². The molecular weight excluding hydrogens is 451 g/mol. The number of ether oxygens (including phenoxy) is 1. The van der Waals surface area contributed by atoms with Crippen molar-refractivity contribution in [2.24, 2.45) is 0 Å². The van der Waals surface area contributed by atoms with Gasteiger partial charge < -0.3 is 9.64 Å². The SMILES string of the molecule is CC(Cc1c(Br)ccc2c1nnn2C(C)(C)C)N(CC(C)(C)F)C(=O)OC(C)(C)C. The number of benzene rings is 1. The highest BCUT2D eigenvalue weighted by Gasteiger charge is 2.32. The van der Waals surface area contributed by atoms with Gasteiger partial charge in [-0.15, -0.1) is 5.10 Å². The minimum absolute atomic E-state index is 0.0641. The molecule has 1 atom stereocenters. The summed E-state index contributed by atoms with van der Waals surface area (Å²) in [6.45, 7) is 16.4. The van der Waals surface area contributed by atoms with Crippen LogP contribution in [0.5, 0.6) is 0 Å². The van der Waals surface area contributed by atoms with Gasteiger partial charge in [0.15, 0.2) is 0 Å². The summed E-state index contributed by atoms with van der Waals surface area (Å²) >= 11 is 3.62. The molecule has 1 amide bonds. The summed E-state index contributed by atoms with van der Waals surface area (Å²) in [5, 5.41) is 8.76. The van der Waals surface area contributed by atoms with E-state index in [1.807, 2.05) is 23.7 Å². The van der Waals surface area contributed by atoms with Crippen LogP contribution in [0.15, 0.2) is 16.6 Å². The molecular formula is C22H34BrFN4O2. The maximum absolute atomic E-state index is 14.5. The third-order valence-electron chi connectivity index (χ3n) is 4.51. The van der Waals surface area contributed by atoms with Crippen molar-refractivity contribution in [3.05, 3.63) is 22.2 Å². The zero-order chi connectivity index (χ0) is 23.1. The van der Waals surface area contributed by atoms with Crippen molar-refractivity contribution >= 4 is 33.1 Å². The quantitative estimate of drug-likeness (QED) is 0.532. The lowest BCUT2D eigenvalue weighted by Crippen LogP contribution is -2.48. The second-order valence-electron chi connectivity index (χ2n) is 10.4. The fourth-order valence-corrected chi connectivity index (χ4v) is 3.72. The lowest BCUT2D eigenvalue weighted by Gasteiger charge is -2.34. The van der Waals surface area contributed by atoms with Gasteiger partial charge in [0.1, 0.15) is 16.8 Å². The molecule has 30 heavy (non-hydrogen) atoms. The molecule has 0 bridgehead atoms. The van der Waals surface area contributed by atoms with Crippen LogP contribution in [0.1, 0.15) is 67.9 Å². The molecule has 1 heterocycles. The molecule has 8 heteroatoms. The Morgan fingerprint density at radius 2 is 1.80 bits per heavy atom. The highest BCUT2D eigenvalue weighted by molar-refractivity contribution is 9.10. The minimum Gasteiger partial charge on any atom is -0.444 e. The number of carbonyl (C=O) groups is 1. The third-order valence-corrected chi connectivity index (χ3v) is 5.25. The zero-order valence-corrected chi connectivity index (χ0v) is 21.1. The van der Waals surface area contributed by atoms with Crippen molar-refractivity contribution in [3.8, 4) is 0 Å². The van der Waals surface area contributed by atoms with E-state index < -0.39 is 17.4 Å². The summed E-state index contributed by atoms with van der Waals surface area (Å²) in [6.07, 6.45) is -0.0434. The predicted octanol–water partition coefficient (Wildman–Crippen LogP) is 5.87. The summed E-state index contributed by atoms with van der Waals surface area (Å²) < 4.78 is 22.8. The molecule has 2 aromatic rings. The lowest BCUT2D eigenvalue weighted by atomic mass is 10.0. The number of carbonyl (C=O) groups excluding carboxylic acids is 1. The van der Waals surface area contributed by atoms with Crippen LogP contribution in [0.4, 0.5) is 9.18 Å². The molecule has 0 fully saturated rings. The highest BCUT2D eigenvalue weighted by atomic mass is 79.9. The van der Waals surface area contributed by atoms with Crippen LogP contribution in [-0.2, 0) is 16.7 Å². The fraction of sp³-hybridized carbons (Fsp3) is 0.682. The van der Waals surface area contributed by atoms with Crippen LogP contribution in [-0.4, -0.2) is 49.8 Å². The molecule has 1 unspecified atom stereocenters. The smallest absolute Gasteiger partial charge is 0.410 e. The standard InChI is InChI=1S/C22H34BrFN4O2/c1-14(27(13-22(8,9)24)19(29)30-21(5,6)7)12-15-16(23)10-11-17-18(15)25-26-28(17)20(2,3)4/h10-11,14H,12-13H2,1-9H3. The summed E-state index contributed by atoms with van der Waals surface area (Å²) in [5.74, 6) is 0. The molecule has 0 N–H and O–H groups in total. The van der Waals surface area contributed by atoms with Crippen molar-refractivity contribution in [1.29, 1.82) is 0 Å². The van der Waals surface area contributed by atoms with Gasteiger partial charge in [0.25, 0.3) is 0 Å². The van der Waals surface area contributed by atoms with E-state index in [4.69, 9.17) is 4.74 Å². The van der Waals surface area contributed by atoms with Crippen molar-refractivity contribution in [1.82, 2.24) is 19.9 Å². The fourth-order valence-electron chi connectivity index (χ4n) is 3.24. The second-order valence-corrected chi connectivity index (χ2v) is 11.3. The lowest BCUT2D eigenvalue weighted by molar-refractivity contribution is 0.00504. The molecule has 1 aromatic heterocycles. The van der Waals surface area contributed by atoms with Gasteiger partial charge in [-0.25, -0.2) is 13.9 Å². The molecule has 0 aliphatic rings. The maximum Gasteiger partial charge on any atom is 0.410 e. The maximum atomic E-state index is 14.5. The Morgan fingerprint density at radius 3 is 2.30 bits per heavy atom. The Labute approximate surface area is 187 Å². The van der Waals surface area contributed by atoms with Gasteiger partial charge in [0, 0.05) is 10.5 Å². The van der Waals surface area contributed by atoms with Crippen molar-refractivity contribution < 1.29 is 13.9 Å². The van der Waals surface area contributed by atoms with E-state index in [-0.39, 0.29) is 18.1 Å². The molecule has 0 radical (unpaired) electrons. The average molecular weight is 485 g/mol. The van der Waals surface area contributed by atoms with Gasteiger partial charge in [-0.1, -0.05) is 21.1 Å². The van der Waals surface area contributed by atoms with E-state index in [0.29, 0.717) is 6.42 Å². The van der Waals surface area contributed by atoms with E-state index in [1.54, 1.807) is 20.8 Å². The number of halogens is 2. The zero-order valence-electron chi connectivity index (χ0n) is 19.5. The number of hydrogen-bond donors (Lipinski definition) is 0.